The summed E-state index contributed by atoms with van der Waals surface area (Å²) in [5.74, 6) is 0.526. The molecule has 1 atom stereocenters. The third-order valence-corrected chi connectivity index (χ3v) is 3.97. The predicted molar refractivity (Wildman–Crippen MR) is 90.2 cm³/mol. The summed E-state index contributed by atoms with van der Waals surface area (Å²) in [5.41, 5.74) is 2.00. The van der Waals surface area contributed by atoms with Crippen molar-refractivity contribution in [3.8, 4) is 5.75 Å². The first-order chi connectivity index (χ1) is 11.7. The molecule has 2 N–H and O–H groups in total. The van der Waals surface area contributed by atoms with Gasteiger partial charge in [-0.1, -0.05) is 48.5 Å². The second-order valence-electron chi connectivity index (χ2n) is 5.76. The predicted octanol–water partition coefficient (Wildman–Crippen LogP) is 2.16. The molecule has 0 aromatic heterocycles. The van der Waals surface area contributed by atoms with Crippen LogP contribution in [0.4, 0.5) is 0 Å². The summed E-state index contributed by atoms with van der Waals surface area (Å²) in [7, 11) is 0. The molecule has 1 heterocycles. The van der Waals surface area contributed by atoms with E-state index in [0.717, 1.165) is 16.9 Å². The normalized spacial score (nSPS) is 16.5. The van der Waals surface area contributed by atoms with Crippen LogP contribution in [0.3, 0.4) is 0 Å². The van der Waals surface area contributed by atoms with Crippen molar-refractivity contribution in [1.29, 1.82) is 0 Å². The van der Waals surface area contributed by atoms with Crippen LogP contribution in [-0.4, -0.2) is 17.9 Å². The highest BCUT2D eigenvalue weighted by molar-refractivity contribution is 5.90. The number of rotatable bonds is 6. The molecule has 1 fully saturated rings. The Kier molecular flexibility index (Phi) is 5.11. The molecule has 2 aromatic rings. The van der Waals surface area contributed by atoms with Crippen molar-refractivity contribution >= 4 is 11.8 Å². The zero-order valence-electron chi connectivity index (χ0n) is 13.3. The van der Waals surface area contributed by atoms with E-state index in [4.69, 9.17) is 4.74 Å². The van der Waals surface area contributed by atoms with Gasteiger partial charge in [-0.05, 0) is 18.1 Å². The molecule has 0 saturated carbocycles. The minimum Gasteiger partial charge on any atom is -0.489 e. The molecule has 1 aliphatic rings. The summed E-state index contributed by atoms with van der Waals surface area (Å²) in [6.45, 7) is 0.848. The average molecular weight is 324 g/mol. The Hall–Kier alpha value is -2.82. The Balaban J connectivity index is 1.57. The van der Waals surface area contributed by atoms with Crippen LogP contribution in [0.1, 0.15) is 24.0 Å². The summed E-state index contributed by atoms with van der Waals surface area (Å²) in [6.07, 6.45) is 0.964. The van der Waals surface area contributed by atoms with Crippen molar-refractivity contribution in [1.82, 2.24) is 10.6 Å². The molecule has 5 nitrogen and oxygen atoms in total. The summed E-state index contributed by atoms with van der Waals surface area (Å²) >= 11 is 0. The Morgan fingerprint density at radius 1 is 1.12 bits per heavy atom. The number of carbonyl (C=O) groups is 2. The molecular formula is C19H20N2O3. The standard InChI is InChI=1S/C19H20N2O3/c22-18-11-10-16(21-18)19(23)20-12-15-8-4-5-9-17(15)24-13-14-6-2-1-3-7-14/h1-9,16H,10-13H2,(H,20,23)(H,21,22)/t16-/m1/s1. The number of para-hydroxylation sites is 1. The zero-order chi connectivity index (χ0) is 16.8. The van der Waals surface area contributed by atoms with Crippen LogP contribution in [0.15, 0.2) is 54.6 Å². The molecule has 124 valence electrons. The third-order valence-electron chi connectivity index (χ3n) is 3.97. The molecule has 1 saturated heterocycles. The number of hydrogen-bond acceptors (Lipinski definition) is 3. The second-order valence-corrected chi connectivity index (χ2v) is 5.76. The number of nitrogens with one attached hydrogen (secondary N) is 2. The van der Waals surface area contributed by atoms with E-state index in [1.807, 2.05) is 54.6 Å². The topological polar surface area (TPSA) is 67.4 Å². The van der Waals surface area contributed by atoms with Crippen LogP contribution in [0.2, 0.25) is 0 Å². The summed E-state index contributed by atoms with van der Waals surface area (Å²) in [4.78, 5) is 23.3. The summed E-state index contributed by atoms with van der Waals surface area (Å²) < 4.78 is 5.88. The highest BCUT2D eigenvalue weighted by Gasteiger charge is 2.26. The van der Waals surface area contributed by atoms with Crippen molar-refractivity contribution < 1.29 is 14.3 Å². The minimum atomic E-state index is -0.421. The molecule has 0 aliphatic carbocycles. The van der Waals surface area contributed by atoms with E-state index in [1.165, 1.54) is 0 Å². The van der Waals surface area contributed by atoms with Crippen molar-refractivity contribution in [2.45, 2.75) is 32.0 Å². The lowest BCUT2D eigenvalue weighted by Crippen LogP contribution is -2.41. The van der Waals surface area contributed by atoms with E-state index >= 15 is 0 Å². The van der Waals surface area contributed by atoms with Crippen LogP contribution in [-0.2, 0) is 22.7 Å². The van der Waals surface area contributed by atoms with E-state index in [-0.39, 0.29) is 11.8 Å². The van der Waals surface area contributed by atoms with Gasteiger partial charge in [0, 0.05) is 18.5 Å². The molecule has 2 amide bonds. The second kappa shape index (κ2) is 7.64. The molecule has 3 rings (SSSR count). The third kappa shape index (κ3) is 4.13. The smallest absolute Gasteiger partial charge is 0.242 e. The molecule has 5 heteroatoms. The van der Waals surface area contributed by atoms with Gasteiger partial charge in [0.25, 0.3) is 0 Å². The maximum Gasteiger partial charge on any atom is 0.242 e. The first-order valence-electron chi connectivity index (χ1n) is 8.04. The van der Waals surface area contributed by atoms with Crippen molar-refractivity contribution in [2.24, 2.45) is 0 Å². The van der Waals surface area contributed by atoms with Gasteiger partial charge in [0.1, 0.15) is 18.4 Å². The van der Waals surface area contributed by atoms with E-state index in [9.17, 15) is 9.59 Å². The number of hydrogen-bond donors (Lipinski definition) is 2. The lowest BCUT2D eigenvalue weighted by molar-refractivity contribution is -0.125. The molecular weight excluding hydrogens is 304 g/mol. The number of benzene rings is 2. The van der Waals surface area contributed by atoms with Gasteiger partial charge < -0.3 is 15.4 Å². The molecule has 0 bridgehead atoms. The maximum atomic E-state index is 12.1. The van der Waals surface area contributed by atoms with Gasteiger partial charge in [-0.25, -0.2) is 0 Å². The van der Waals surface area contributed by atoms with Gasteiger partial charge in [0.2, 0.25) is 11.8 Å². The molecule has 2 aromatic carbocycles. The quantitative estimate of drug-likeness (QED) is 0.856. The van der Waals surface area contributed by atoms with Crippen LogP contribution >= 0.6 is 0 Å². The van der Waals surface area contributed by atoms with E-state index < -0.39 is 6.04 Å². The van der Waals surface area contributed by atoms with Gasteiger partial charge in [-0.15, -0.1) is 0 Å². The van der Waals surface area contributed by atoms with Crippen molar-refractivity contribution in [2.75, 3.05) is 0 Å². The SMILES string of the molecule is O=C1CC[C@H](C(=O)NCc2ccccc2OCc2ccccc2)N1. The number of ether oxygens (including phenoxy) is 1. The summed E-state index contributed by atoms with van der Waals surface area (Å²) in [6, 6.07) is 17.1. The summed E-state index contributed by atoms with van der Waals surface area (Å²) in [5, 5.41) is 5.54. The minimum absolute atomic E-state index is 0.0678. The van der Waals surface area contributed by atoms with E-state index in [2.05, 4.69) is 10.6 Å². The van der Waals surface area contributed by atoms with Crippen LogP contribution in [0, 0.1) is 0 Å². The van der Waals surface area contributed by atoms with E-state index in [1.54, 1.807) is 0 Å². The highest BCUT2D eigenvalue weighted by Crippen LogP contribution is 2.19. The van der Waals surface area contributed by atoms with E-state index in [0.29, 0.717) is 26.0 Å². The number of amides is 2. The lowest BCUT2D eigenvalue weighted by atomic mass is 10.1. The van der Waals surface area contributed by atoms with Crippen LogP contribution in [0.5, 0.6) is 5.75 Å². The fourth-order valence-electron chi connectivity index (χ4n) is 2.64. The fourth-order valence-corrected chi connectivity index (χ4v) is 2.64. The van der Waals surface area contributed by atoms with Crippen molar-refractivity contribution in [3.05, 3.63) is 65.7 Å². The van der Waals surface area contributed by atoms with Gasteiger partial charge in [0.05, 0.1) is 0 Å². The Labute approximate surface area is 141 Å². The Morgan fingerprint density at radius 2 is 1.88 bits per heavy atom. The Morgan fingerprint density at radius 3 is 2.62 bits per heavy atom. The number of carbonyl (C=O) groups excluding carboxylic acids is 2. The van der Waals surface area contributed by atoms with Gasteiger partial charge >= 0.3 is 0 Å². The largest absolute Gasteiger partial charge is 0.489 e. The molecule has 0 spiro atoms. The maximum absolute atomic E-state index is 12.1. The van der Waals surface area contributed by atoms with Gasteiger partial charge in [-0.2, -0.15) is 0 Å². The average Bonchev–Trinajstić information content (AvgIpc) is 3.06. The van der Waals surface area contributed by atoms with Gasteiger partial charge in [0.15, 0.2) is 0 Å². The zero-order valence-corrected chi connectivity index (χ0v) is 13.3. The highest BCUT2D eigenvalue weighted by atomic mass is 16.5. The first kappa shape index (κ1) is 16.1. The van der Waals surface area contributed by atoms with Crippen LogP contribution in [0.25, 0.3) is 0 Å². The molecule has 1 aliphatic heterocycles. The fraction of sp³-hybridized carbons (Fsp3) is 0.263. The first-order valence-corrected chi connectivity index (χ1v) is 8.04. The lowest BCUT2D eigenvalue weighted by Gasteiger charge is -2.14. The van der Waals surface area contributed by atoms with Crippen LogP contribution < -0.4 is 15.4 Å². The van der Waals surface area contributed by atoms with Crippen molar-refractivity contribution in [3.63, 3.8) is 0 Å². The van der Waals surface area contributed by atoms with Gasteiger partial charge in [-0.3, -0.25) is 9.59 Å². The molecule has 24 heavy (non-hydrogen) atoms. The monoisotopic (exact) mass is 324 g/mol. The Bertz CT molecular complexity index is 716. The molecule has 0 radical (unpaired) electrons. The molecule has 0 unspecified atom stereocenters.